The standard InChI is InChI=1S/C21H32N6O2/c1-14(12-20-15(2)26-27(6)16(20)3)24-21(22-5)23-10-11-29-19-9-7-8-18(13-19)25-17(4)28/h7-9,13-14H,10-12H2,1-6H3,(H,25,28)(H2,22,23,24). The molecule has 0 saturated heterocycles. The van der Waals surface area contributed by atoms with Gasteiger partial charge in [-0.15, -0.1) is 0 Å². The molecule has 0 bridgehead atoms. The molecule has 0 saturated carbocycles. The summed E-state index contributed by atoms with van der Waals surface area (Å²) < 4.78 is 7.67. The summed E-state index contributed by atoms with van der Waals surface area (Å²) in [6.07, 6.45) is 0.874. The Balaban J connectivity index is 1.78. The summed E-state index contributed by atoms with van der Waals surface area (Å²) in [5.41, 5.74) is 4.24. The Morgan fingerprint density at radius 2 is 2.10 bits per heavy atom. The third-order valence-electron chi connectivity index (χ3n) is 4.59. The Labute approximate surface area is 172 Å². The summed E-state index contributed by atoms with van der Waals surface area (Å²) in [5.74, 6) is 1.33. The lowest BCUT2D eigenvalue weighted by atomic mass is 10.1. The van der Waals surface area contributed by atoms with Crippen LogP contribution in [0.15, 0.2) is 29.3 Å². The van der Waals surface area contributed by atoms with Crippen LogP contribution in [0.2, 0.25) is 0 Å². The first-order valence-corrected chi connectivity index (χ1v) is 9.76. The number of amides is 1. The fourth-order valence-electron chi connectivity index (χ4n) is 3.10. The highest BCUT2D eigenvalue weighted by Crippen LogP contribution is 2.17. The summed E-state index contributed by atoms with van der Waals surface area (Å²) in [6.45, 7) is 8.81. The van der Waals surface area contributed by atoms with Crippen LogP contribution < -0.4 is 20.7 Å². The zero-order chi connectivity index (χ0) is 21.4. The maximum Gasteiger partial charge on any atom is 0.221 e. The molecule has 1 amide bonds. The number of benzene rings is 1. The van der Waals surface area contributed by atoms with Crippen molar-refractivity contribution in [2.24, 2.45) is 12.0 Å². The van der Waals surface area contributed by atoms with Gasteiger partial charge in [0.1, 0.15) is 12.4 Å². The van der Waals surface area contributed by atoms with E-state index in [0.29, 0.717) is 18.9 Å². The third kappa shape index (κ3) is 6.81. The van der Waals surface area contributed by atoms with E-state index in [0.717, 1.165) is 23.8 Å². The van der Waals surface area contributed by atoms with Gasteiger partial charge in [0.05, 0.1) is 12.2 Å². The van der Waals surface area contributed by atoms with E-state index in [1.54, 1.807) is 13.1 Å². The Morgan fingerprint density at radius 1 is 1.34 bits per heavy atom. The minimum Gasteiger partial charge on any atom is -0.492 e. The van der Waals surface area contributed by atoms with Crippen molar-refractivity contribution in [3.05, 3.63) is 41.2 Å². The average Bonchev–Trinajstić information content (AvgIpc) is 2.90. The lowest BCUT2D eigenvalue weighted by molar-refractivity contribution is -0.114. The highest BCUT2D eigenvalue weighted by molar-refractivity contribution is 5.88. The topological polar surface area (TPSA) is 92.6 Å². The number of aromatic nitrogens is 2. The fraction of sp³-hybridized carbons (Fsp3) is 0.476. The molecule has 1 heterocycles. The lowest BCUT2D eigenvalue weighted by Gasteiger charge is -2.18. The number of hydrogen-bond donors (Lipinski definition) is 3. The van der Waals surface area contributed by atoms with Crippen molar-refractivity contribution in [2.75, 3.05) is 25.5 Å². The van der Waals surface area contributed by atoms with Crippen LogP contribution >= 0.6 is 0 Å². The van der Waals surface area contributed by atoms with Crippen molar-refractivity contribution in [2.45, 2.75) is 40.2 Å². The smallest absolute Gasteiger partial charge is 0.221 e. The number of anilines is 1. The molecule has 8 heteroatoms. The first-order valence-electron chi connectivity index (χ1n) is 9.76. The van der Waals surface area contributed by atoms with Gasteiger partial charge in [-0.3, -0.25) is 14.5 Å². The Bertz CT molecular complexity index is 859. The average molecular weight is 401 g/mol. The molecule has 0 aliphatic rings. The van der Waals surface area contributed by atoms with Gasteiger partial charge in [-0.2, -0.15) is 5.10 Å². The predicted octanol–water partition coefficient (Wildman–Crippen LogP) is 2.17. The SMILES string of the molecule is CN=C(NCCOc1cccc(NC(C)=O)c1)NC(C)Cc1c(C)nn(C)c1C. The first-order chi connectivity index (χ1) is 13.8. The third-order valence-corrected chi connectivity index (χ3v) is 4.59. The van der Waals surface area contributed by atoms with Gasteiger partial charge >= 0.3 is 0 Å². The van der Waals surface area contributed by atoms with E-state index >= 15 is 0 Å². The van der Waals surface area contributed by atoms with E-state index in [-0.39, 0.29) is 11.9 Å². The quantitative estimate of drug-likeness (QED) is 0.359. The molecular formula is C21H32N6O2. The van der Waals surface area contributed by atoms with Crippen LogP contribution in [0.4, 0.5) is 5.69 Å². The van der Waals surface area contributed by atoms with Gasteiger partial charge in [0.25, 0.3) is 0 Å². The molecular weight excluding hydrogens is 368 g/mol. The van der Waals surface area contributed by atoms with E-state index in [1.165, 1.54) is 18.2 Å². The van der Waals surface area contributed by atoms with Crippen molar-refractivity contribution in [3.8, 4) is 5.75 Å². The molecule has 29 heavy (non-hydrogen) atoms. The van der Waals surface area contributed by atoms with Crippen LogP contribution in [0.1, 0.15) is 30.8 Å². The molecule has 1 unspecified atom stereocenters. The summed E-state index contributed by atoms with van der Waals surface area (Å²) >= 11 is 0. The van der Waals surface area contributed by atoms with E-state index in [9.17, 15) is 4.79 Å². The van der Waals surface area contributed by atoms with Gasteiger partial charge in [-0.1, -0.05) is 6.07 Å². The molecule has 158 valence electrons. The molecule has 0 spiro atoms. The normalized spacial score (nSPS) is 12.4. The molecule has 3 N–H and O–H groups in total. The van der Waals surface area contributed by atoms with Crippen molar-refractivity contribution in [1.29, 1.82) is 0 Å². The number of nitrogens with zero attached hydrogens (tertiary/aromatic N) is 3. The first kappa shape index (κ1) is 22.3. The Hall–Kier alpha value is -3.03. The van der Waals surface area contributed by atoms with E-state index < -0.39 is 0 Å². The predicted molar refractivity (Wildman–Crippen MR) is 117 cm³/mol. The monoisotopic (exact) mass is 400 g/mol. The number of aliphatic imine (C=N–C) groups is 1. The number of hydrogen-bond acceptors (Lipinski definition) is 4. The second-order valence-electron chi connectivity index (χ2n) is 7.08. The highest BCUT2D eigenvalue weighted by Gasteiger charge is 2.14. The zero-order valence-electron chi connectivity index (χ0n) is 18.2. The molecule has 0 aliphatic heterocycles. The molecule has 1 aromatic heterocycles. The van der Waals surface area contributed by atoms with E-state index in [4.69, 9.17) is 4.74 Å². The van der Waals surface area contributed by atoms with Gasteiger partial charge < -0.3 is 20.7 Å². The molecule has 1 aromatic carbocycles. The lowest BCUT2D eigenvalue weighted by Crippen LogP contribution is -2.44. The Morgan fingerprint density at radius 3 is 2.72 bits per heavy atom. The van der Waals surface area contributed by atoms with E-state index in [2.05, 4.69) is 39.9 Å². The second kappa shape index (κ2) is 10.5. The largest absolute Gasteiger partial charge is 0.492 e. The summed E-state index contributed by atoms with van der Waals surface area (Å²) in [6, 6.07) is 7.54. The van der Waals surface area contributed by atoms with Crippen LogP contribution in [-0.4, -0.2) is 47.9 Å². The van der Waals surface area contributed by atoms with Crippen LogP contribution in [0.3, 0.4) is 0 Å². The van der Waals surface area contributed by atoms with Crippen LogP contribution in [0.5, 0.6) is 5.75 Å². The van der Waals surface area contributed by atoms with Gasteiger partial charge in [-0.25, -0.2) is 0 Å². The molecule has 0 radical (unpaired) electrons. The zero-order valence-corrected chi connectivity index (χ0v) is 18.2. The molecule has 1 atom stereocenters. The molecule has 0 aliphatic carbocycles. The van der Waals surface area contributed by atoms with Gasteiger partial charge in [0, 0.05) is 44.5 Å². The van der Waals surface area contributed by atoms with Crippen LogP contribution in [0.25, 0.3) is 0 Å². The molecule has 2 rings (SSSR count). The van der Waals surface area contributed by atoms with Gasteiger partial charge in [0.2, 0.25) is 5.91 Å². The maximum atomic E-state index is 11.1. The molecule has 8 nitrogen and oxygen atoms in total. The molecule has 2 aromatic rings. The number of carbonyl (C=O) groups excluding carboxylic acids is 1. The summed E-state index contributed by atoms with van der Waals surface area (Å²) in [7, 11) is 3.72. The van der Waals surface area contributed by atoms with Gasteiger partial charge in [0.15, 0.2) is 5.96 Å². The summed E-state index contributed by atoms with van der Waals surface area (Å²) in [4.78, 5) is 15.4. The molecule has 0 fully saturated rings. The van der Waals surface area contributed by atoms with Crippen molar-refractivity contribution in [3.63, 3.8) is 0 Å². The number of carbonyl (C=O) groups is 1. The fourth-order valence-corrected chi connectivity index (χ4v) is 3.10. The second-order valence-corrected chi connectivity index (χ2v) is 7.08. The number of ether oxygens (including phenoxy) is 1. The maximum absolute atomic E-state index is 11.1. The number of nitrogens with one attached hydrogen (secondary N) is 3. The highest BCUT2D eigenvalue weighted by atomic mass is 16.5. The summed E-state index contributed by atoms with van der Waals surface area (Å²) in [5, 5.41) is 13.9. The minimum absolute atomic E-state index is 0.107. The minimum atomic E-state index is -0.107. The van der Waals surface area contributed by atoms with Crippen LogP contribution in [-0.2, 0) is 18.3 Å². The van der Waals surface area contributed by atoms with Crippen molar-refractivity contribution >= 4 is 17.6 Å². The van der Waals surface area contributed by atoms with Gasteiger partial charge in [-0.05, 0) is 44.9 Å². The van der Waals surface area contributed by atoms with Crippen LogP contribution in [0, 0.1) is 13.8 Å². The number of rotatable bonds is 8. The van der Waals surface area contributed by atoms with Crippen molar-refractivity contribution in [1.82, 2.24) is 20.4 Å². The van der Waals surface area contributed by atoms with Crippen molar-refractivity contribution < 1.29 is 9.53 Å². The number of aryl methyl sites for hydroxylation is 2. The number of guanidine groups is 1. The Kier molecular flexibility index (Phi) is 8.06. The van der Waals surface area contributed by atoms with E-state index in [1.807, 2.05) is 36.9 Å².